The number of carbonyl (C=O) groups is 2. The maximum Gasteiger partial charge on any atom is 0.390 e. The van der Waals surface area contributed by atoms with Crippen LogP contribution in [0.1, 0.15) is 17.3 Å². The van der Waals surface area contributed by atoms with Gasteiger partial charge >= 0.3 is 11.9 Å². The Bertz CT molecular complexity index is 343. The van der Waals surface area contributed by atoms with Gasteiger partial charge in [0.2, 0.25) is 0 Å². The van der Waals surface area contributed by atoms with Crippen molar-refractivity contribution in [2.45, 2.75) is 6.92 Å². The molecule has 0 aliphatic rings. The van der Waals surface area contributed by atoms with Gasteiger partial charge in [0.25, 0.3) is 0 Å². The van der Waals surface area contributed by atoms with Gasteiger partial charge in [0.1, 0.15) is 11.3 Å². The van der Waals surface area contributed by atoms with Gasteiger partial charge in [-0.05, 0) is 12.1 Å². The first-order chi connectivity index (χ1) is 6.11. The number of ether oxygens (including phenoxy) is 1. The van der Waals surface area contributed by atoms with Crippen molar-refractivity contribution in [3.63, 3.8) is 0 Å². The van der Waals surface area contributed by atoms with E-state index < -0.39 is 11.9 Å². The van der Waals surface area contributed by atoms with Crippen LogP contribution in [0.3, 0.4) is 0 Å². The lowest BCUT2D eigenvalue weighted by Crippen LogP contribution is -2.06. The second-order valence-corrected chi connectivity index (χ2v) is 2.38. The van der Waals surface area contributed by atoms with Crippen molar-refractivity contribution in [3.05, 3.63) is 29.8 Å². The molecule has 1 aromatic carbocycles. The van der Waals surface area contributed by atoms with E-state index in [4.69, 9.17) is 0 Å². The van der Waals surface area contributed by atoms with Crippen molar-refractivity contribution in [2.75, 3.05) is 0 Å². The normalized spacial score (nSPS) is 9.31. The second-order valence-electron chi connectivity index (χ2n) is 2.38. The summed E-state index contributed by atoms with van der Waals surface area (Å²) in [7, 11) is 0. The van der Waals surface area contributed by atoms with E-state index in [2.05, 4.69) is 4.74 Å². The number of esters is 1. The molecule has 1 radical (unpaired) electrons. The fraction of sp³-hybridized carbons (Fsp3) is 0.111. The van der Waals surface area contributed by atoms with Crippen LogP contribution in [-0.4, -0.2) is 11.9 Å². The molecule has 0 fully saturated rings. The number of benzene rings is 1. The van der Waals surface area contributed by atoms with Crippen LogP contribution < -0.4 is 4.74 Å². The van der Waals surface area contributed by atoms with Gasteiger partial charge in [0, 0.05) is 6.92 Å². The van der Waals surface area contributed by atoms with Crippen LogP contribution in [0.25, 0.3) is 0 Å². The molecule has 67 valence electrons. The van der Waals surface area contributed by atoms with Crippen LogP contribution in [0.4, 0.5) is 0 Å². The molecule has 0 aromatic heterocycles. The third kappa shape index (κ3) is 2.30. The number of carbonyl (C=O) groups excluding carboxylic acids is 2. The van der Waals surface area contributed by atoms with Crippen LogP contribution in [-0.2, 0) is 9.90 Å². The lowest BCUT2D eigenvalue weighted by atomic mass is 10.2. The summed E-state index contributed by atoms with van der Waals surface area (Å²) in [4.78, 5) is 21.1. The molecular weight excluding hydrogens is 172 g/mol. The topological polar surface area (TPSA) is 63.3 Å². The highest BCUT2D eigenvalue weighted by molar-refractivity contribution is 5.91. The fourth-order valence-corrected chi connectivity index (χ4v) is 0.879. The minimum Gasteiger partial charge on any atom is -0.426 e. The lowest BCUT2D eigenvalue weighted by molar-refractivity contribution is -0.131. The van der Waals surface area contributed by atoms with E-state index in [1.807, 2.05) is 0 Å². The molecule has 0 spiro atoms. The third-order valence-corrected chi connectivity index (χ3v) is 1.36. The summed E-state index contributed by atoms with van der Waals surface area (Å²) in [6.07, 6.45) is 0. The quantitative estimate of drug-likeness (QED) is 0.505. The predicted molar refractivity (Wildman–Crippen MR) is 42.8 cm³/mol. The first-order valence-electron chi connectivity index (χ1n) is 3.60. The molecule has 1 rings (SSSR count). The fourth-order valence-electron chi connectivity index (χ4n) is 0.879. The molecule has 0 unspecified atom stereocenters. The van der Waals surface area contributed by atoms with Crippen molar-refractivity contribution < 1.29 is 19.4 Å². The zero-order valence-electron chi connectivity index (χ0n) is 6.94. The Hall–Kier alpha value is -1.84. The first kappa shape index (κ1) is 9.25. The summed E-state index contributed by atoms with van der Waals surface area (Å²) in [6, 6.07) is 5.81. The molecule has 0 aliphatic heterocycles. The highest BCUT2D eigenvalue weighted by Gasteiger charge is 2.12. The Morgan fingerprint density at radius 3 is 2.38 bits per heavy atom. The Balaban J connectivity index is 3.04. The Morgan fingerprint density at radius 1 is 1.23 bits per heavy atom. The third-order valence-electron chi connectivity index (χ3n) is 1.36. The minimum absolute atomic E-state index is 0.00926. The molecule has 1 aromatic rings. The monoisotopic (exact) mass is 179 g/mol. The summed E-state index contributed by atoms with van der Waals surface area (Å²) in [5.74, 6) is -1.92. The summed E-state index contributed by atoms with van der Waals surface area (Å²) in [5, 5.41) is 10.5. The van der Waals surface area contributed by atoms with E-state index in [0.29, 0.717) is 0 Å². The van der Waals surface area contributed by atoms with Gasteiger partial charge in [-0.2, -0.15) is 0 Å². The van der Waals surface area contributed by atoms with Gasteiger partial charge in [-0.25, -0.2) is 9.90 Å². The maximum absolute atomic E-state index is 10.6. The highest BCUT2D eigenvalue weighted by Crippen LogP contribution is 2.17. The lowest BCUT2D eigenvalue weighted by Gasteiger charge is -2.02. The van der Waals surface area contributed by atoms with Crippen LogP contribution in [0.5, 0.6) is 5.75 Å². The summed E-state index contributed by atoms with van der Waals surface area (Å²) in [6.45, 7) is 1.20. The van der Waals surface area contributed by atoms with Gasteiger partial charge < -0.3 is 4.74 Å². The van der Waals surface area contributed by atoms with Gasteiger partial charge in [-0.15, -0.1) is 0 Å². The molecule has 4 nitrogen and oxygen atoms in total. The standard InChI is InChI=1S/C9H7O4/c1-6(10)13-8-5-3-2-4-7(8)9(11)12/h2-5H,1H3. The Labute approximate surface area is 74.8 Å². The van der Waals surface area contributed by atoms with Crippen molar-refractivity contribution >= 4 is 11.9 Å². The average molecular weight is 179 g/mol. The van der Waals surface area contributed by atoms with E-state index in [9.17, 15) is 14.7 Å². The largest absolute Gasteiger partial charge is 0.426 e. The molecule has 0 amide bonds. The molecule has 4 heteroatoms. The molecule has 0 atom stereocenters. The van der Waals surface area contributed by atoms with E-state index in [1.54, 1.807) is 6.07 Å². The van der Waals surface area contributed by atoms with Crippen LogP contribution in [0.2, 0.25) is 0 Å². The van der Waals surface area contributed by atoms with Crippen molar-refractivity contribution in [1.29, 1.82) is 0 Å². The average Bonchev–Trinajstić information content (AvgIpc) is 2.03. The Morgan fingerprint density at radius 2 is 1.85 bits per heavy atom. The first-order valence-corrected chi connectivity index (χ1v) is 3.60. The maximum atomic E-state index is 10.6. The summed E-state index contributed by atoms with van der Waals surface area (Å²) >= 11 is 0. The zero-order valence-corrected chi connectivity index (χ0v) is 6.94. The molecule has 0 saturated heterocycles. The van der Waals surface area contributed by atoms with Crippen molar-refractivity contribution in [3.8, 4) is 5.75 Å². The van der Waals surface area contributed by atoms with Crippen LogP contribution in [0, 0.1) is 0 Å². The molecule has 13 heavy (non-hydrogen) atoms. The molecule has 0 saturated carbocycles. The van der Waals surface area contributed by atoms with Crippen LogP contribution >= 0.6 is 0 Å². The van der Waals surface area contributed by atoms with E-state index in [1.165, 1.54) is 25.1 Å². The van der Waals surface area contributed by atoms with E-state index in [0.717, 1.165) is 0 Å². The SMILES string of the molecule is CC(=O)Oc1ccccc1C([O])=O. The molecule has 0 N–H and O–H groups in total. The number of para-hydroxylation sites is 1. The zero-order chi connectivity index (χ0) is 9.84. The summed E-state index contributed by atoms with van der Waals surface area (Å²) in [5.41, 5.74) is -0.127. The molecular formula is C9H7O4. The van der Waals surface area contributed by atoms with Crippen molar-refractivity contribution in [1.82, 2.24) is 0 Å². The van der Waals surface area contributed by atoms with Gasteiger partial charge in [0.15, 0.2) is 0 Å². The van der Waals surface area contributed by atoms with Gasteiger partial charge in [-0.1, -0.05) is 12.1 Å². The van der Waals surface area contributed by atoms with Crippen LogP contribution in [0.15, 0.2) is 24.3 Å². The molecule has 0 bridgehead atoms. The highest BCUT2D eigenvalue weighted by atomic mass is 16.5. The second kappa shape index (κ2) is 3.71. The number of rotatable bonds is 2. The van der Waals surface area contributed by atoms with Gasteiger partial charge in [-0.3, -0.25) is 4.79 Å². The number of hydrogen-bond donors (Lipinski definition) is 0. The summed E-state index contributed by atoms with van der Waals surface area (Å²) < 4.78 is 4.65. The van der Waals surface area contributed by atoms with E-state index >= 15 is 0 Å². The Kier molecular flexibility index (Phi) is 2.64. The molecule has 0 aliphatic carbocycles. The minimum atomic E-state index is -1.36. The van der Waals surface area contributed by atoms with Gasteiger partial charge in [0.05, 0.1) is 0 Å². The smallest absolute Gasteiger partial charge is 0.390 e. The molecule has 0 heterocycles. The van der Waals surface area contributed by atoms with E-state index in [-0.39, 0.29) is 11.3 Å². The number of hydrogen-bond acceptors (Lipinski definition) is 3. The predicted octanol–water partition coefficient (Wildman–Crippen LogP) is 1.18. The van der Waals surface area contributed by atoms with Crippen molar-refractivity contribution in [2.24, 2.45) is 0 Å².